The lowest BCUT2D eigenvalue weighted by Gasteiger charge is -2.36. The van der Waals surface area contributed by atoms with E-state index in [-0.39, 0.29) is 22.8 Å². The summed E-state index contributed by atoms with van der Waals surface area (Å²) in [7, 11) is 0. The SMILES string of the molecule is CCCNC(=O)c1ccc(N2CCN(C(=O)c3cc(-c4cccc(O)c4)cc(C(F)(F)F)c3)CC2)cc1. The number of piperazine rings is 1. The number of hydrogen-bond donors (Lipinski definition) is 2. The van der Waals surface area contributed by atoms with Gasteiger partial charge in [0.1, 0.15) is 5.75 Å². The minimum atomic E-state index is -4.62. The molecule has 0 bridgehead atoms. The van der Waals surface area contributed by atoms with Crippen LogP contribution in [-0.2, 0) is 6.18 Å². The Bertz CT molecular complexity index is 1270. The molecule has 0 unspecified atom stereocenters. The van der Waals surface area contributed by atoms with Crippen molar-refractivity contribution in [1.82, 2.24) is 10.2 Å². The summed E-state index contributed by atoms with van der Waals surface area (Å²) in [4.78, 5) is 29.0. The molecule has 1 saturated heterocycles. The molecule has 1 aliphatic rings. The molecule has 2 amide bonds. The monoisotopic (exact) mass is 511 g/mol. The van der Waals surface area contributed by atoms with E-state index in [1.807, 2.05) is 19.1 Å². The van der Waals surface area contributed by atoms with Crippen molar-refractivity contribution in [3.63, 3.8) is 0 Å². The van der Waals surface area contributed by atoms with E-state index in [1.165, 1.54) is 24.3 Å². The van der Waals surface area contributed by atoms with Crippen LogP contribution in [0.4, 0.5) is 18.9 Å². The Labute approximate surface area is 213 Å². The van der Waals surface area contributed by atoms with Gasteiger partial charge in [-0.2, -0.15) is 13.2 Å². The van der Waals surface area contributed by atoms with Crippen molar-refractivity contribution in [2.24, 2.45) is 0 Å². The lowest BCUT2D eigenvalue weighted by atomic mass is 9.98. The van der Waals surface area contributed by atoms with E-state index in [2.05, 4.69) is 10.2 Å². The summed E-state index contributed by atoms with van der Waals surface area (Å²) >= 11 is 0. The molecule has 0 atom stereocenters. The fourth-order valence-electron chi connectivity index (χ4n) is 4.28. The molecule has 0 saturated carbocycles. The largest absolute Gasteiger partial charge is 0.508 e. The quantitative estimate of drug-likeness (QED) is 0.479. The number of carbonyl (C=O) groups excluding carboxylic acids is 2. The molecular weight excluding hydrogens is 483 g/mol. The van der Waals surface area contributed by atoms with E-state index in [4.69, 9.17) is 0 Å². The predicted octanol–water partition coefficient (Wildman–Crippen LogP) is 5.18. The third-order valence-electron chi connectivity index (χ3n) is 6.28. The number of anilines is 1. The van der Waals surface area contributed by atoms with Crippen LogP contribution in [0.2, 0.25) is 0 Å². The van der Waals surface area contributed by atoms with Crippen LogP contribution in [0.25, 0.3) is 11.1 Å². The van der Waals surface area contributed by atoms with Gasteiger partial charge in [0, 0.05) is 49.5 Å². The Morgan fingerprint density at radius 2 is 1.59 bits per heavy atom. The molecule has 0 radical (unpaired) electrons. The molecule has 0 aromatic heterocycles. The van der Waals surface area contributed by atoms with Gasteiger partial charge in [-0.25, -0.2) is 0 Å². The second-order valence-corrected chi connectivity index (χ2v) is 8.93. The summed E-state index contributed by atoms with van der Waals surface area (Å²) in [5.74, 6) is -0.682. The molecule has 3 aromatic rings. The zero-order valence-corrected chi connectivity index (χ0v) is 20.4. The van der Waals surface area contributed by atoms with Gasteiger partial charge in [0.05, 0.1) is 5.56 Å². The number of phenols is 1. The summed E-state index contributed by atoms with van der Waals surface area (Å²) in [6.07, 6.45) is -3.77. The highest BCUT2D eigenvalue weighted by atomic mass is 19.4. The third kappa shape index (κ3) is 6.22. The summed E-state index contributed by atoms with van der Waals surface area (Å²) in [6, 6.07) is 16.4. The minimum Gasteiger partial charge on any atom is -0.508 e. The van der Waals surface area contributed by atoms with Gasteiger partial charge >= 0.3 is 6.18 Å². The van der Waals surface area contributed by atoms with Gasteiger partial charge in [-0.3, -0.25) is 9.59 Å². The topological polar surface area (TPSA) is 72.9 Å². The maximum absolute atomic E-state index is 13.6. The van der Waals surface area contributed by atoms with Gasteiger partial charge in [0.15, 0.2) is 0 Å². The van der Waals surface area contributed by atoms with Gasteiger partial charge in [0.25, 0.3) is 11.8 Å². The molecule has 1 aliphatic heterocycles. The first-order valence-corrected chi connectivity index (χ1v) is 12.1. The van der Waals surface area contributed by atoms with E-state index in [1.54, 1.807) is 23.1 Å². The lowest BCUT2D eigenvalue weighted by molar-refractivity contribution is -0.137. The second-order valence-electron chi connectivity index (χ2n) is 8.93. The number of phenolic OH excluding ortho intramolecular Hbond substituents is 1. The molecule has 9 heteroatoms. The number of carbonyl (C=O) groups is 2. The minimum absolute atomic E-state index is 0.0518. The van der Waals surface area contributed by atoms with E-state index >= 15 is 0 Å². The van der Waals surface area contributed by atoms with Crippen LogP contribution >= 0.6 is 0 Å². The number of nitrogens with one attached hydrogen (secondary N) is 1. The Hall–Kier alpha value is -4.01. The first kappa shape index (κ1) is 26.1. The van der Waals surface area contributed by atoms with Gasteiger partial charge in [-0.15, -0.1) is 0 Å². The lowest BCUT2D eigenvalue weighted by Crippen LogP contribution is -2.48. The van der Waals surface area contributed by atoms with Crippen LogP contribution in [0.15, 0.2) is 66.7 Å². The first-order valence-electron chi connectivity index (χ1n) is 12.1. The number of benzene rings is 3. The van der Waals surface area contributed by atoms with Gasteiger partial charge in [-0.1, -0.05) is 19.1 Å². The Morgan fingerprint density at radius 3 is 2.22 bits per heavy atom. The summed E-state index contributed by atoms with van der Waals surface area (Å²) in [6.45, 7) is 4.29. The number of alkyl halides is 3. The molecular formula is C28H28F3N3O3. The van der Waals surface area contributed by atoms with Crippen molar-refractivity contribution in [1.29, 1.82) is 0 Å². The van der Waals surface area contributed by atoms with Gasteiger partial charge < -0.3 is 20.2 Å². The Balaban J connectivity index is 1.48. The van der Waals surface area contributed by atoms with Crippen molar-refractivity contribution in [2.45, 2.75) is 19.5 Å². The number of aromatic hydroxyl groups is 1. The number of rotatable bonds is 6. The number of amides is 2. The zero-order valence-electron chi connectivity index (χ0n) is 20.4. The average Bonchev–Trinajstić information content (AvgIpc) is 2.90. The van der Waals surface area contributed by atoms with Crippen LogP contribution in [0.5, 0.6) is 5.75 Å². The van der Waals surface area contributed by atoms with Crippen LogP contribution in [0.3, 0.4) is 0 Å². The molecule has 0 spiro atoms. The maximum atomic E-state index is 13.6. The first-order chi connectivity index (χ1) is 17.7. The summed E-state index contributed by atoms with van der Waals surface area (Å²) < 4.78 is 40.9. The van der Waals surface area contributed by atoms with Crippen molar-refractivity contribution < 1.29 is 27.9 Å². The van der Waals surface area contributed by atoms with Crippen LogP contribution in [0.1, 0.15) is 39.6 Å². The number of halogens is 3. The molecule has 6 nitrogen and oxygen atoms in total. The fourth-order valence-corrected chi connectivity index (χ4v) is 4.28. The molecule has 1 fully saturated rings. The van der Waals surface area contributed by atoms with Crippen LogP contribution in [0, 0.1) is 0 Å². The normalized spacial score (nSPS) is 13.9. The smallest absolute Gasteiger partial charge is 0.416 e. The number of hydrogen-bond acceptors (Lipinski definition) is 4. The Morgan fingerprint density at radius 1 is 0.892 bits per heavy atom. The van der Waals surface area contributed by atoms with Crippen molar-refractivity contribution in [2.75, 3.05) is 37.6 Å². The molecule has 3 aromatic carbocycles. The highest BCUT2D eigenvalue weighted by Gasteiger charge is 2.33. The molecule has 1 heterocycles. The summed E-state index contributed by atoms with van der Waals surface area (Å²) in [5.41, 5.74) is 1.09. The molecule has 194 valence electrons. The van der Waals surface area contributed by atoms with Crippen molar-refractivity contribution in [3.8, 4) is 16.9 Å². The van der Waals surface area contributed by atoms with Crippen LogP contribution < -0.4 is 10.2 Å². The van der Waals surface area contributed by atoms with E-state index in [0.717, 1.165) is 24.2 Å². The van der Waals surface area contributed by atoms with Gasteiger partial charge in [-0.05, 0) is 72.1 Å². The van der Waals surface area contributed by atoms with E-state index in [9.17, 15) is 27.9 Å². The molecule has 2 N–H and O–H groups in total. The maximum Gasteiger partial charge on any atom is 0.416 e. The van der Waals surface area contributed by atoms with Crippen LogP contribution in [-0.4, -0.2) is 54.5 Å². The van der Waals surface area contributed by atoms with Gasteiger partial charge in [0.2, 0.25) is 0 Å². The molecule has 0 aliphatic carbocycles. The zero-order chi connectivity index (χ0) is 26.6. The fraction of sp³-hybridized carbons (Fsp3) is 0.286. The summed E-state index contributed by atoms with van der Waals surface area (Å²) in [5, 5.41) is 12.6. The predicted molar refractivity (Wildman–Crippen MR) is 136 cm³/mol. The highest BCUT2D eigenvalue weighted by molar-refractivity contribution is 5.96. The van der Waals surface area contributed by atoms with Crippen molar-refractivity contribution >= 4 is 17.5 Å². The standard InChI is InChI=1S/C28H28F3N3O3/c1-2-10-32-26(36)19-6-8-24(9-7-19)33-11-13-34(14-12-33)27(37)22-15-21(16-23(17-22)28(29,30)31)20-4-3-5-25(35)18-20/h3-9,15-18,35H,2,10-14H2,1H3,(H,32,36). The molecule has 4 rings (SSSR count). The Kier molecular flexibility index (Phi) is 7.71. The number of nitrogens with zero attached hydrogens (tertiary/aromatic N) is 2. The second kappa shape index (κ2) is 10.9. The molecule has 37 heavy (non-hydrogen) atoms. The van der Waals surface area contributed by atoms with E-state index < -0.39 is 17.6 Å². The van der Waals surface area contributed by atoms with Crippen molar-refractivity contribution in [3.05, 3.63) is 83.4 Å². The average molecular weight is 512 g/mol. The third-order valence-corrected chi connectivity index (χ3v) is 6.28. The van der Waals surface area contributed by atoms with E-state index in [0.29, 0.717) is 43.9 Å². The highest BCUT2D eigenvalue weighted by Crippen LogP contribution is 2.34.